The number of benzene rings is 1. The number of nitrogens with zero attached hydrogens (tertiary/aromatic N) is 1. The number of rotatable bonds is 4. The largest absolute Gasteiger partial charge is 0.496 e. The van der Waals surface area contributed by atoms with Crippen molar-refractivity contribution in [3.05, 3.63) is 34.2 Å². The highest BCUT2D eigenvalue weighted by Crippen LogP contribution is 2.33. The average molecular weight is 261 g/mol. The summed E-state index contributed by atoms with van der Waals surface area (Å²) in [6, 6.07) is 6.39. The van der Waals surface area contributed by atoms with Crippen LogP contribution in [0.2, 0.25) is 0 Å². The second kappa shape index (κ2) is 5.53. The molecule has 0 fully saturated rings. The number of thiazole rings is 1. The van der Waals surface area contributed by atoms with Crippen molar-refractivity contribution in [3.8, 4) is 17.0 Å². The van der Waals surface area contributed by atoms with Crippen molar-refractivity contribution in [2.24, 2.45) is 0 Å². The molecule has 18 heavy (non-hydrogen) atoms. The molecule has 1 aromatic heterocycles. The summed E-state index contributed by atoms with van der Waals surface area (Å²) in [5.41, 5.74) is 3.39. The molecule has 0 radical (unpaired) electrons. The first-order valence-electron chi connectivity index (χ1n) is 6.28. The van der Waals surface area contributed by atoms with Crippen LogP contribution in [0, 0.1) is 0 Å². The van der Waals surface area contributed by atoms with E-state index in [0.717, 1.165) is 23.4 Å². The van der Waals surface area contributed by atoms with Crippen LogP contribution < -0.4 is 4.74 Å². The molecule has 0 N–H and O–H groups in total. The van der Waals surface area contributed by atoms with Gasteiger partial charge in [-0.2, -0.15) is 0 Å². The minimum atomic E-state index is 0.509. The van der Waals surface area contributed by atoms with Gasteiger partial charge in [0.05, 0.1) is 17.8 Å². The van der Waals surface area contributed by atoms with Crippen molar-refractivity contribution in [1.82, 2.24) is 4.98 Å². The van der Waals surface area contributed by atoms with Crippen molar-refractivity contribution in [2.75, 3.05) is 7.11 Å². The normalized spacial score (nSPS) is 10.9. The van der Waals surface area contributed by atoms with Gasteiger partial charge in [0.2, 0.25) is 0 Å². The van der Waals surface area contributed by atoms with Crippen molar-refractivity contribution in [1.29, 1.82) is 0 Å². The van der Waals surface area contributed by atoms with E-state index in [1.165, 1.54) is 10.6 Å². The molecular weight excluding hydrogens is 242 g/mol. The molecule has 0 aliphatic heterocycles. The summed E-state index contributed by atoms with van der Waals surface area (Å²) in [5, 5.41) is 3.27. The molecule has 2 aromatic rings. The zero-order chi connectivity index (χ0) is 13.1. The van der Waals surface area contributed by atoms with E-state index in [1.807, 2.05) is 0 Å². The van der Waals surface area contributed by atoms with Gasteiger partial charge >= 0.3 is 0 Å². The number of ether oxygens (including phenoxy) is 1. The van der Waals surface area contributed by atoms with Gasteiger partial charge in [-0.3, -0.25) is 0 Å². The third kappa shape index (κ3) is 2.56. The van der Waals surface area contributed by atoms with Gasteiger partial charge in [-0.1, -0.05) is 26.8 Å². The molecule has 0 atom stereocenters. The van der Waals surface area contributed by atoms with Crippen LogP contribution in [-0.4, -0.2) is 12.1 Å². The lowest BCUT2D eigenvalue weighted by Gasteiger charge is -2.11. The van der Waals surface area contributed by atoms with Crippen molar-refractivity contribution in [3.63, 3.8) is 0 Å². The lowest BCUT2D eigenvalue weighted by molar-refractivity contribution is 0.415. The fourth-order valence-corrected chi connectivity index (χ4v) is 2.62. The SMILES string of the molecule is CCc1nc(-c2ccc(C(C)C)cc2OC)cs1. The second-order valence-electron chi connectivity index (χ2n) is 4.59. The van der Waals surface area contributed by atoms with Crippen LogP contribution in [-0.2, 0) is 6.42 Å². The highest BCUT2D eigenvalue weighted by Gasteiger charge is 2.11. The Balaban J connectivity index is 2.44. The van der Waals surface area contributed by atoms with Gasteiger partial charge in [0.25, 0.3) is 0 Å². The first-order valence-corrected chi connectivity index (χ1v) is 7.16. The molecule has 2 nitrogen and oxygen atoms in total. The van der Waals surface area contributed by atoms with E-state index in [4.69, 9.17) is 4.74 Å². The van der Waals surface area contributed by atoms with Crippen LogP contribution in [0.3, 0.4) is 0 Å². The van der Waals surface area contributed by atoms with Gasteiger partial charge in [-0.05, 0) is 30.0 Å². The maximum atomic E-state index is 5.50. The highest BCUT2D eigenvalue weighted by atomic mass is 32.1. The van der Waals surface area contributed by atoms with Crippen molar-refractivity contribution < 1.29 is 4.74 Å². The van der Waals surface area contributed by atoms with Crippen molar-refractivity contribution >= 4 is 11.3 Å². The fourth-order valence-electron chi connectivity index (χ4n) is 1.88. The Hall–Kier alpha value is -1.35. The zero-order valence-electron chi connectivity index (χ0n) is 11.4. The van der Waals surface area contributed by atoms with Crippen LogP contribution in [0.1, 0.15) is 37.3 Å². The topological polar surface area (TPSA) is 22.1 Å². The number of hydrogen-bond acceptors (Lipinski definition) is 3. The summed E-state index contributed by atoms with van der Waals surface area (Å²) in [6.07, 6.45) is 0.983. The Labute approximate surface area is 113 Å². The first-order chi connectivity index (χ1) is 8.65. The second-order valence-corrected chi connectivity index (χ2v) is 5.54. The van der Waals surface area contributed by atoms with Gasteiger partial charge in [0, 0.05) is 10.9 Å². The summed E-state index contributed by atoms with van der Waals surface area (Å²) in [4.78, 5) is 4.62. The summed E-state index contributed by atoms with van der Waals surface area (Å²) in [7, 11) is 1.72. The molecule has 3 heteroatoms. The third-order valence-electron chi connectivity index (χ3n) is 3.02. The lowest BCUT2D eigenvalue weighted by Crippen LogP contribution is -1.93. The Bertz CT molecular complexity index is 531. The van der Waals surface area contributed by atoms with E-state index in [1.54, 1.807) is 18.4 Å². The highest BCUT2D eigenvalue weighted by molar-refractivity contribution is 7.09. The van der Waals surface area contributed by atoms with E-state index in [9.17, 15) is 0 Å². The molecule has 0 aliphatic rings. The Morgan fingerprint density at radius 2 is 2.11 bits per heavy atom. The smallest absolute Gasteiger partial charge is 0.128 e. The minimum absolute atomic E-state index is 0.509. The predicted octanol–water partition coefficient (Wildman–Crippen LogP) is 4.50. The van der Waals surface area contributed by atoms with Gasteiger partial charge in [-0.25, -0.2) is 4.98 Å². The van der Waals surface area contributed by atoms with E-state index >= 15 is 0 Å². The number of aromatic nitrogens is 1. The Kier molecular flexibility index (Phi) is 4.02. The maximum absolute atomic E-state index is 5.50. The molecule has 2 rings (SSSR count). The standard InChI is InChI=1S/C15H19NOS/c1-5-15-16-13(9-18-15)12-7-6-11(10(2)3)8-14(12)17-4/h6-10H,5H2,1-4H3. The van der Waals surface area contributed by atoms with E-state index in [-0.39, 0.29) is 0 Å². The molecular formula is C15H19NOS. The van der Waals surface area contributed by atoms with Crippen LogP contribution in [0.5, 0.6) is 5.75 Å². The van der Waals surface area contributed by atoms with Gasteiger partial charge in [0.15, 0.2) is 0 Å². The summed E-state index contributed by atoms with van der Waals surface area (Å²) in [5.74, 6) is 1.42. The number of aryl methyl sites for hydroxylation is 1. The van der Waals surface area contributed by atoms with Crippen LogP contribution in [0.4, 0.5) is 0 Å². The van der Waals surface area contributed by atoms with Crippen LogP contribution in [0.15, 0.2) is 23.6 Å². The minimum Gasteiger partial charge on any atom is -0.496 e. The zero-order valence-corrected chi connectivity index (χ0v) is 12.2. The van der Waals surface area contributed by atoms with E-state index in [2.05, 4.69) is 49.3 Å². The Morgan fingerprint density at radius 3 is 2.67 bits per heavy atom. The first kappa shape index (κ1) is 13.1. The summed E-state index contributed by atoms with van der Waals surface area (Å²) in [6.45, 7) is 6.50. The Morgan fingerprint density at radius 1 is 1.33 bits per heavy atom. The monoisotopic (exact) mass is 261 g/mol. The average Bonchev–Trinajstić information content (AvgIpc) is 2.86. The molecule has 0 amide bonds. The molecule has 0 saturated carbocycles. The quantitative estimate of drug-likeness (QED) is 0.808. The summed E-state index contributed by atoms with van der Waals surface area (Å²) < 4.78 is 5.50. The molecule has 0 aliphatic carbocycles. The van der Waals surface area contributed by atoms with E-state index < -0.39 is 0 Å². The third-order valence-corrected chi connectivity index (χ3v) is 4.02. The molecule has 1 aromatic carbocycles. The van der Waals surface area contributed by atoms with E-state index in [0.29, 0.717) is 5.92 Å². The number of methoxy groups -OCH3 is 1. The molecule has 1 heterocycles. The molecule has 0 unspecified atom stereocenters. The predicted molar refractivity (Wildman–Crippen MR) is 77.6 cm³/mol. The van der Waals surface area contributed by atoms with Crippen molar-refractivity contribution in [2.45, 2.75) is 33.1 Å². The molecule has 96 valence electrons. The van der Waals surface area contributed by atoms with Crippen LogP contribution >= 0.6 is 11.3 Å². The lowest BCUT2D eigenvalue weighted by atomic mass is 10.00. The van der Waals surface area contributed by atoms with Crippen LogP contribution in [0.25, 0.3) is 11.3 Å². The summed E-state index contributed by atoms with van der Waals surface area (Å²) >= 11 is 1.71. The fraction of sp³-hybridized carbons (Fsp3) is 0.400. The van der Waals surface area contributed by atoms with Gasteiger partial charge < -0.3 is 4.74 Å². The van der Waals surface area contributed by atoms with Gasteiger partial charge in [0.1, 0.15) is 5.75 Å². The molecule has 0 saturated heterocycles. The van der Waals surface area contributed by atoms with Gasteiger partial charge in [-0.15, -0.1) is 11.3 Å². The maximum Gasteiger partial charge on any atom is 0.128 e. The molecule has 0 spiro atoms. The molecule has 0 bridgehead atoms. The number of hydrogen-bond donors (Lipinski definition) is 0.